The number of fused-ring (bicyclic) bond motifs is 1. The first-order valence-electron chi connectivity index (χ1n) is 8.80. The molecule has 0 fully saturated rings. The van der Waals surface area contributed by atoms with Crippen LogP contribution < -0.4 is 9.47 Å². The summed E-state index contributed by atoms with van der Waals surface area (Å²) in [6.07, 6.45) is -3.51. The Morgan fingerprint density at radius 3 is 2.21 bits per heavy atom. The number of carbonyl (C=O) groups excluding carboxylic acids is 1. The molecule has 0 radical (unpaired) electrons. The number of benzene rings is 2. The SMILES string of the molecule is COc1cc2c(cc1OC)CN(C(=O)/C=C(/c1ccc(Cl)cc1)C(F)(F)F)CC2. The van der Waals surface area contributed by atoms with E-state index >= 15 is 0 Å². The molecular weight excluding hydrogens is 407 g/mol. The van der Waals surface area contributed by atoms with E-state index in [2.05, 4.69) is 0 Å². The van der Waals surface area contributed by atoms with Gasteiger partial charge in [0, 0.05) is 24.2 Å². The van der Waals surface area contributed by atoms with Gasteiger partial charge in [-0.15, -0.1) is 0 Å². The summed E-state index contributed by atoms with van der Waals surface area (Å²) in [6.45, 7) is 0.500. The quantitative estimate of drug-likeness (QED) is 0.655. The first-order valence-corrected chi connectivity index (χ1v) is 9.18. The first-order chi connectivity index (χ1) is 13.7. The molecular formula is C21H19ClF3NO3. The Hall–Kier alpha value is -2.67. The topological polar surface area (TPSA) is 38.8 Å². The molecule has 2 aromatic carbocycles. The van der Waals surface area contributed by atoms with Crippen molar-refractivity contribution in [3.63, 3.8) is 0 Å². The van der Waals surface area contributed by atoms with Crippen LogP contribution in [0.15, 0.2) is 42.5 Å². The van der Waals surface area contributed by atoms with Gasteiger partial charge < -0.3 is 14.4 Å². The number of hydrogen-bond acceptors (Lipinski definition) is 3. The minimum absolute atomic E-state index is 0.112. The fourth-order valence-electron chi connectivity index (χ4n) is 3.24. The van der Waals surface area contributed by atoms with Crippen molar-refractivity contribution < 1.29 is 27.4 Å². The Morgan fingerprint density at radius 2 is 1.66 bits per heavy atom. The van der Waals surface area contributed by atoms with Crippen LogP contribution in [0.4, 0.5) is 13.2 Å². The van der Waals surface area contributed by atoms with Crippen molar-refractivity contribution in [1.29, 1.82) is 0 Å². The second kappa shape index (κ2) is 8.37. The van der Waals surface area contributed by atoms with Gasteiger partial charge in [-0.3, -0.25) is 4.79 Å². The molecule has 1 amide bonds. The summed E-state index contributed by atoms with van der Waals surface area (Å²) >= 11 is 5.76. The number of alkyl halides is 3. The highest BCUT2D eigenvalue weighted by Gasteiger charge is 2.36. The number of ether oxygens (including phenoxy) is 2. The van der Waals surface area contributed by atoms with Crippen LogP contribution >= 0.6 is 11.6 Å². The second-order valence-electron chi connectivity index (χ2n) is 6.55. The molecule has 29 heavy (non-hydrogen) atoms. The number of allylic oxidation sites excluding steroid dienone is 1. The molecule has 8 heteroatoms. The lowest BCUT2D eigenvalue weighted by molar-refractivity contribution is -0.127. The lowest BCUT2D eigenvalue weighted by atomic mass is 9.98. The molecule has 0 N–H and O–H groups in total. The monoisotopic (exact) mass is 425 g/mol. The highest BCUT2D eigenvalue weighted by Crippen LogP contribution is 2.36. The van der Waals surface area contributed by atoms with Gasteiger partial charge in [-0.05, 0) is 47.4 Å². The van der Waals surface area contributed by atoms with E-state index in [9.17, 15) is 18.0 Å². The maximum atomic E-state index is 13.6. The minimum Gasteiger partial charge on any atom is -0.493 e. The molecule has 154 valence electrons. The van der Waals surface area contributed by atoms with Crippen molar-refractivity contribution in [1.82, 2.24) is 4.90 Å². The van der Waals surface area contributed by atoms with Crippen LogP contribution in [0.25, 0.3) is 5.57 Å². The molecule has 4 nitrogen and oxygen atoms in total. The molecule has 0 saturated heterocycles. The molecule has 0 aromatic heterocycles. The average molecular weight is 426 g/mol. The predicted octanol–water partition coefficient (Wildman–Crippen LogP) is 4.89. The predicted molar refractivity (Wildman–Crippen MR) is 104 cm³/mol. The van der Waals surface area contributed by atoms with Crippen LogP contribution in [-0.2, 0) is 17.8 Å². The molecule has 1 aliphatic heterocycles. The number of nitrogens with zero attached hydrogens (tertiary/aromatic N) is 1. The van der Waals surface area contributed by atoms with E-state index in [1.54, 1.807) is 6.07 Å². The standard InChI is InChI=1S/C21H19ClF3NO3/c1-28-18-9-14-7-8-26(12-15(14)10-19(18)29-2)20(27)11-17(21(23,24)25)13-3-5-16(22)6-4-13/h3-6,9-11H,7-8,12H2,1-2H3/b17-11-. The summed E-state index contributed by atoms with van der Waals surface area (Å²) in [5, 5.41) is 0.318. The van der Waals surface area contributed by atoms with Crippen molar-refractivity contribution in [2.45, 2.75) is 19.1 Å². The fourth-order valence-corrected chi connectivity index (χ4v) is 3.37. The smallest absolute Gasteiger partial charge is 0.417 e. The van der Waals surface area contributed by atoms with E-state index in [0.29, 0.717) is 35.6 Å². The molecule has 3 rings (SSSR count). The zero-order chi connectivity index (χ0) is 21.2. The molecule has 0 atom stereocenters. The number of hydrogen-bond donors (Lipinski definition) is 0. The molecule has 0 bridgehead atoms. The van der Waals surface area contributed by atoms with Gasteiger partial charge in [0.2, 0.25) is 5.91 Å². The lowest BCUT2D eigenvalue weighted by Crippen LogP contribution is -2.35. The molecule has 0 spiro atoms. The molecule has 0 aliphatic carbocycles. The Morgan fingerprint density at radius 1 is 1.07 bits per heavy atom. The zero-order valence-corrected chi connectivity index (χ0v) is 16.6. The summed E-state index contributed by atoms with van der Waals surface area (Å²) in [7, 11) is 3.03. The van der Waals surface area contributed by atoms with Gasteiger partial charge in [0.15, 0.2) is 11.5 Å². The van der Waals surface area contributed by atoms with Gasteiger partial charge in [-0.1, -0.05) is 23.7 Å². The van der Waals surface area contributed by atoms with E-state index in [1.165, 1.54) is 43.4 Å². The molecule has 1 heterocycles. The van der Waals surface area contributed by atoms with Gasteiger partial charge >= 0.3 is 6.18 Å². The van der Waals surface area contributed by atoms with Crippen LogP contribution in [0.1, 0.15) is 16.7 Å². The summed E-state index contributed by atoms with van der Waals surface area (Å²) in [4.78, 5) is 14.0. The maximum Gasteiger partial charge on any atom is 0.417 e. The molecule has 2 aromatic rings. The zero-order valence-electron chi connectivity index (χ0n) is 15.8. The summed E-state index contributed by atoms with van der Waals surface area (Å²) in [5.41, 5.74) is 0.677. The highest BCUT2D eigenvalue weighted by atomic mass is 35.5. The summed E-state index contributed by atoms with van der Waals surface area (Å²) < 4.78 is 51.2. The third kappa shape index (κ3) is 4.67. The van der Waals surface area contributed by atoms with Crippen LogP contribution in [-0.4, -0.2) is 37.7 Å². The number of halogens is 4. The second-order valence-corrected chi connectivity index (χ2v) is 6.98. The van der Waals surface area contributed by atoms with E-state index in [-0.39, 0.29) is 12.1 Å². The van der Waals surface area contributed by atoms with Crippen molar-refractivity contribution in [2.75, 3.05) is 20.8 Å². The first kappa shape index (κ1) is 21.0. The van der Waals surface area contributed by atoms with Crippen molar-refractivity contribution in [3.8, 4) is 11.5 Å². The number of amides is 1. The van der Waals surface area contributed by atoms with Crippen LogP contribution in [0.2, 0.25) is 5.02 Å². The Labute approximate surface area is 171 Å². The van der Waals surface area contributed by atoms with E-state index < -0.39 is 17.7 Å². The third-order valence-corrected chi connectivity index (χ3v) is 5.01. The molecule has 0 unspecified atom stereocenters. The fraction of sp³-hybridized carbons (Fsp3) is 0.286. The number of carbonyl (C=O) groups is 1. The van der Waals surface area contributed by atoms with Gasteiger partial charge in [-0.25, -0.2) is 0 Å². The Bertz CT molecular complexity index is 939. The average Bonchev–Trinajstić information content (AvgIpc) is 2.70. The van der Waals surface area contributed by atoms with Gasteiger partial charge in [0.1, 0.15) is 0 Å². The van der Waals surface area contributed by atoms with E-state index in [0.717, 1.165) is 11.1 Å². The van der Waals surface area contributed by atoms with Gasteiger partial charge in [0.25, 0.3) is 0 Å². The van der Waals surface area contributed by atoms with Crippen LogP contribution in [0.5, 0.6) is 11.5 Å². The van der Waals surface area contributed by atoms with E-state index in [4.69, 9.17) is 21.1 Å². The van der Waals surface area contributed by atoms with Crippen molar-refractivity contribution in [2.24, 2.45) is 0 Å². The largest absolute Gasteiger partial charge is 0.493 e. The highest BCUT2D eigenvalue weighted by molar-refractivity contribution is 6.30. The third-order valence-electron chi connectivity index (χ3n) is 4.76. The molecule has 0 saturated carbocycles. The Balaban J connectivity index is 1.89. The van der Waals surface area contributed by atoms with Crippen molar-refractivity contribution >= 4 is 23.1 Å². The molecule has 1 aliphatic rings. The number of methoxy groups -OCH3 is 2. The number of rotatable bonds is 4. The Kier molecular flexibility index (Phi) is 6.07. The normalized spacial score (nSPS) is 14.4. The van der Waals surface area contributed by atoms with Crippen molar-refractivity contribution in [3.05, 3.63) is 64.2 Å². The lowest BCUT2D eigenvalue weighted by Gasteiger charge is -2.29. The summed E-state index contributed by atoms with van der Waals surface area (Å²) in [6, 6.07) is 8.80. The maximum absolute atomic E-state index is 13.6. The van der Waals surface area contributed by atoms with E-state index in [1.807, 2.05) is 6.07 Å². The van der Waals surface area contributed by atoms with Gasteiger partial charge in [0.05, 0.1) is 19.8 Å². The van der Waals surface area contributed by atoms with Crippen LogP contribution in [0.3, 0.4) is 0 Å². The van der Waals surface area contributed by atoms with Crippen LogP contribution in [0, 0.1) is 0 Å². The minimum atomic E-state index is -4.67. The van der Waals surface area contributed by atoms with Gasteiger partial charge in [-0.2, -0.15) is 13.2 Å². The summed E-state index contributed by atoms with van der Waals surface area (Å²) in [5.74, 6) is 0.383.